The summed E-state index contributed by atoms with van der Waals surface area (Å²) in [6.07, 6.45) is 29.7. The molecule has 508 valence electrons. The number of fused-ring (bicyclic) bond motifs is 25. The van der Waals surface area contributed by atoms with Crippen molar-refractivity contribution in [2.45, 2.75) is 231 Å². The van der Waals surface area contributed by atoms with Gasteiger partial charge in [-0.1, -0.05) is 281 Å². The first-order valence-corrected chi connectivity index (χ1v) is 39.2. The van der Waals surface area contributed by atoms with Crippen LogP contribution in [0.15, 0.2) is 189 Å². The Kier molecular flexibility index (Phi) is 16.7. The van der Waals surface area contributed by atoms with Crippen LogP contribution in [0.1, 0.15) is 254 Å². The molecule has 0 fully saturated rings. The Morgan fingerprint density at radius 3 is 1.35 bits per heavy atom. The summed E-state index contributed by atoms with van der Waals surface area (Å²) in [6, 6.07) is 68.2. The molecule has 0 radical (unpaired) electrons. The minimum Gasteiger partial charge on any atom is -0.456 e. The van der Waals surface area contributed by atoms with Crippen LogP contribution in [0.25, 0.3) is 110 Å². The second-order valence-corrected chi connectivity index (χ2v) is 31.9. The Bertz CT molecular complexity index is 5280. The zero-order valence-electron chi connectivity index (χ0n) is 60.9. The van der Waals surface area contributed by atoms with E-state index in [1.54, 1.807) is 16.7 Å². The van der Waals surface area contributed by atoms with Gasteiger partial charge in [0.15, 0.2) is 0 Å². The zero-order valence-corrected chi connectivity index (χ0v) is 60.9. The van der Waals surface area contributed by atoms with Crippen molar-refractivity contribution in [1.29, 1.82) is 0 Å². The molecule has 0 spiro atoms. The molecule has 4 heteroatoms. The first-order valence-electron chi connectivity index (χ1n) is 39.2. The van der Waals surface area contributed by atoms with E-state index in [1.165, 1.54) is 234 Å². The molecule has 0 aliphatic heterocycles. The largest absolute Gasteiger partial charge is 0.456 e. The van der Waals surface area contributed by atoms with Crippen molar-refractivity contribution < 1.29 is 13.3 Å². The average molecular weight is 1320 g/mol. The molecule has 0 unspecified atom stereocenters. The summed E-state index contributed by atoms with van der Waals surface area (Å²) in [5.74, 6) is 0. The van der Waals surface area contributed by atoms with Gasteiger partial charge >= 0.3 is 0 Å². The van der Waals surface area contributed by atoms with E-state index in [0.717, 1.165) is 75.6 Å². The normalized spacial score (nSPS) is 15.3. The standard InChI is InChI=1S/C96H101NO3/c1-9-13-17-21-33-53-95(54-34-22-18-14-10-2)74-41-29-25-38-67(74)89-91(95)90-87(88-70-40-28-32-44-82(70)100-92(88)89)68-49-46-64(59-79(68)96(90,55-35-23-19-15-11-3)56-36-24-20-16-12-4)97(62-47-51-83-72(57-62)66-37-26-30-42-80(66)98-83)63-45-48-65-71-60-78-73(61-77(71)94(7,8)76(65)58-63)85-75(93(78,5)6)50-52-84-86(85)69-39-27-31-43-81(69)99-84/h25-32,37-52,57-61H,9-24,33-36,53-56H2,1-8H3. The minimum atomic E-state index is -0.315. The highest BCUT2D eigenvalue weighted by atomic mass is 16.3. The van der Waals surface area contributed by atoms with E-state index in [1.807, 2.05) is 0 Å². The van der Waals surface area contributed by atoms with Crippen molar-refractivity contribution in [3.8, 4) is 44.5 Å². The van der Waals surface area contributed by atoms with E-state index < -0.39 is 0 Å². The van der Waals surface area contributed by atoms with Crippen LogP contribution >= 0.6 is 0 Å². The number of nitrogens with zero attached hydrogens (tertiary/aromatic N) is 1. The Morgan fingerprint density at radius 2 is 0.710 bits per heavy atom. The summed E-state index contributed by atoms with van der Waals surface area (Å²) >= 11 is 0. The van der Waals surface area contributed by atoms with Gasteiger partial charge in [-0.15, -0.1) is 0 Å². The molecule has 0 bridgehead atoms. The van der Waals surface area contributed by atoms with Gasteiger partial charge in [0, 0.05) is 76.6 Å². The molecule has 4 aliphatic carbocycles. The minimum absolute atomic E-state index is 0.162. The van der Waals surface area contributed by atoms with Crippen LogP contribution in [0.3, 0.4) is 0 Å². The second-order valence-electron chi connectivity index (χ2n) is 31.9. The van der Waals surface area contributed by atoms with E-state index in [2.05, 4.69) is 236 Å². The first kappa shape index (κ1) is 64.8. The van der Waals surface area contributed by atoms with Crippen LogP contribution in [-0.4, -0.2) is 0 Å². The van der Waals surface area contributed by atoms with Crippen molar-refractivity contribution in [1.82, 2.24) is 0 Å². The summed E-state index contributed by atoms with van der Waals surface area (Å²) in [7, 11) is 0. The van der Waals surface area contributed by atoms with Gasteiger partial charge in [-0.3, -0.25) is 0 Å². The lowest BCUT2D eigenvalue weighted by Gasteiger charge is -2.40. The number of hydrogen-bond donors (Lipinski definition) is 0. The van der Waals surface area contributed by atoms with Crippen molar-refractivity contribution in [2.75, 3.05) is 4.90 Å². The Balaban J connectivity index is 0.903. The number of anilines is 3. The number of unbranched alkanes of at least 4 members (excludes halogenated alkanes) is 16. The van der Waals surface area contributed by atoms with Crippen molar-refractivity contribution in [3.63, 3.8) is 0 Å². The van der Waals surface area contributed by atoms with Gasteiger partial charge in [0.25, 0.3) is 0 Å². The molecule has 4 aliphatic rings. The number of benzene rings is 10. The third-order valence-electron chi connectivity index (χ3n) is 25.2. The molecular weight excluding hydrogens is 1220 g/mol. The number of hydrogen-bond acceptors (Lipinski definition) is 4. The van der Waals surface area contributed by atoms with E-state index in [0.29, 0.717) is 0 Å². The predicted molar refractivity (Wildman–Crippen MR) is 424 cm³/mol. The molecule has 17 rings (SSSR count). The predicted octanol–water partition coefficient (Wildman–Crippen LogP) is 29.4. The molecule has 0 N–H and O–H groups in total. The molecule has 0 amide bonds. The molecule has 3 aromatic heterocycles. The quantitative estimate of drug-likeness (QED) is 0.0481. The van der Waals surface area contributed by atoms with E-state index in [4.69, 9.17) is 13.3 Å². The molecule has 10 aromatic carbocycles. The first-order chi connectivity index (χ1) is 48.9. The maximum Gasteiger partial charge on any atom is 0.144 e. The topological polar surface area (TPSA) is 42.7 Å². The molecule has 0 saturated heterocycles. The van der Waals surface area contributed by atoms with Gasteiger partial charge < -0.3 is 18.2 Å². The molecule has 4 nitrogen and oxygen atoms in total. The van der Waals surface area contributed by atoms with Gasteiger partial charge in [-0.05, 0) is 188 Å². The zero-order chi connectivity index (χ0) is 68.1. The lowest BCUT2D eigenvalue weighted by Crippen LogP contribution is -2.33. The lowest BCUT2D eigenvalue weighted by atomic mass is 9.62. The van der Waals surface area contributed by atoms with Crippen LogP contribution in [0.5, 0.6) is 0 Å². The second kappa shape index (κ2) is 25.8. The Labute approximate surface area is 593 Å². The molecular formula is C96H101NO3. The van der Waals surface area contributed by atoms with Gasteiger partial charge in [-0.25, -0.2) is 0 Å². The maximum absolute atomic E-state index is 7.59. The van der Waals surface area contributed by atoms with Crippen molar-refractivity contribution in [2.24, 2.45) is 0 Å². The summed E-state index contributed by atoms with van der Waals surface area (Å²) in [5, 5.41) is 7.26. The number of rotatable bonds is 27. The Hall–Kier alpha value is -8.60. The van der Waals surface area contributed by atoms with Gasteiger partial charge in [0.05, 0.1) is 0 Å². The van der Waals surface area contributed by atoms with Crippen LogP contribution in [0.2, 0.25) is 0 Å². The molecule has 0 atom stereocenters. The van der Waals surface area contributed by atoms with Gasteiger partial charge in [-0.2, -0.15) is 0 Å². The maximum atomic E-state index is 7.59. The summed E-state index contributed by atoms with van der Waals surface area (Å²) in [5.41, 5.74) is 31.3. The van der Waals surface area contributed by atoms with Gasteiger partial charge in [0.1, 0.15) is 33.5 Å². The Morgan fingerprint density at radius 1 is 0.280 bits per heavy atom. The third-order valence-corrected chi connectivity index (χ3v) is 25.2. The summed E-state index contributed by atoms with van der Waals surface area (Å²) in [4.78, 5) is 2.64. The fourth-order valence-corrected chi connectivity index (χ4v) is 20.2. The van der Waals surface area contributed by atoms with E-state index >= 15 is 0 Å². The third kappa shape index (κ3) is 10.1. The molecule has 3 heterocycles. The van der Waals surface area contributed by atoms with Crippen molar-refractivity contribution >= 4 is 82.9 Å². The smallest absolute Gasteiger partial charge is 0.144 e. The summed E-state index contributed by atoms with van der Waals surface area (Å²) < 4.78 is 20.9. The van der Waals surface area contributed by atoms with E-state index in [9.17, 15) is 0 Å². The highest BCUT2D eigenvalue weighted by Crippen LogP contribution is 2.68. The number of furan rings is 3. The SMILES string of the molecule is CCCCCCCC1(CCCCCCC)c2ccccc2-c2c1c1c(c3c2oc2ccccc23)-c2ccc(N(c3ccc4c(c3)C(C)(C)c3cc5c(cc3-4)C(C)(C)c3ccc4oc6ccccc6c4c3-5)c3ccc4oc5ccccc5c4c3)cc2C1(CCCCCCC)CCCCCCC. The highest BCUT2D eigenvalue weighted by Gasteiger charge is 2.54. The monoisotopic (exact) mass is 1320 g/mol. The average Bonchev–Trinajstić information content (AvgIpc) is 1.49. The number of para-hydroxylation sites is 3. The van der Waals surface area contributed by atoms with Crippen LogP contribution < -0.4 is 4.90 Å². The van der Waals surface area contributed by atoms with Crippen LogP contribution in [0, 0.1) is 0 Å². The van der Waals surface area contributed by atoms with Gasteiger partial charge in [0.2, 0.25) is 0 Å². The fraction of sp³-hybridized carbons (Fsp3) is 0.375. The molecule has 13 aromatic rings. The van der Waals surface area contributed by atoms with E-state index in [-0.39, 0.29) is 21.7 Å². The lowest BCUT2D eigenvalue weighted by molar-refractivity contribution is 0.369. The van der Waals surface area contributed by atoms with Crippen molar-refractivity contribution in [3.05, 3.63) is 220 Å². The summed E-state index contributed by atoms with van der Waals surface area (Å²) in [6.45, 7) is 19.3. The van der Waals surface area contributed by atoms with Crippen LogP contribution in [-0.2, 0) is 21.7 Å². The molecule has 0 saturated carbocycles. The fourth-order valence-electron chi connectivity index (χ4n) is 20.2. The van der Waals surface area contributed by atoms with Crippen LogP contribution in [0.4, 0.5) is 17.1 Å². The molecule has 100 heavy (non-hydrogen) atoms. The highest BCUT2D eigenvalue weighted by molar-refractivity contribution is 6.21.